The molecule has 0 saturated carbocycles. The highest BCUT2D eigenvalue weighted by Gasteiger charge is 2.15. The molecule has 0 spiro atoms. The fourth-order valence-corrected chi connectivity index (χ4v) is 2.36. The lowest BCUT2D eigenvalue weighted by molar-refractivity contribution is -0.122. The number of carbonyl (C=O) groups is 1. The van der Waals surface area contributed by atoms with Crippen LogP contribution < -0.4 is 5.32 Å². The maximum atomic E-state index is 11.8. The number of nitrogens with zero attached hydrogens (tertiary/aromatic N) is 3. The number of hydrogen-bond acceptors (Lipinski definition) is 3. The van der Waals surface area contributed by atoms with Crippen LogP contribution in [0.2, 0.25) is 0 Å². The van der Waals surface area contributed by atoms with Crippen LogP contribution in [-0.4, -0.2) is 40.7 Å². The molecule has 1 aromatic heterocycles. The fraction of sp³-hybridized carbons (Fsp3) is 0.714. The molecule has 0 bridgehead atoms. The predicted molar refractivity (Wildman–Crippen MR) is 84.5 cm³/mol. The molecule has 114 valence electrons. The second-order valence-electron chi connectivity index (χ2n) is 5.53. The van der Waals surface area contributed by atoms with Crippen LogP contribution >= 0.6 is 15.9 Å². The average Bonchev–Trinajstić information content (AvgIpc) is 2.64. The van der Waals surface area contributed by atoms with Crippen molar-refractivity contribution in [1.82, 2.24) is 20.0 Å². The van der Waals surface area contributed by atoms with Crippen molar-refractivity contribution >= 4 is 21.8 Å². The van der Waals surface area contributed by atoms with E-state index in [4.69, 9.17) is 0 Å². The van der Waals surface area contributed by atoms with Crippen molar-refractivity contribution in [2.75, 3.05) is 20.1 Å². The third kappa shape index (κ3) is 4.90. The van der Waals surface area contributed by atoms with Crippen molar-refractivity contribution in [3.05, 3.63) is 15.9 Å². The SMILES string of the molecule is CCn1nc(C)c(Br)c1CN(C)CC(=O)NCC(C)C. The maximum Gasteiger partial charge on any atom is 0.234 e. The first kappa shape index (κ1) is 17.2. The number of carbonyl (C=O) groups excluding carboxylic acids is 1. The average molecular weight is 345 g/mol. The zero-order chi connectivity index (χ0) is 15.3. The van der Waals surface area contributed by atoms with E-state index in [2.05, 4.69) is 47.1 Å². The smallest absolute Gasteiger partial charge is 0.234 e. The summed E-state index contributed by atoms with van der Waals surface area (Å²) in [5, 5.41) is 7.40. The van der Waals surface area contributed by atoms with Crippen molar-refractivity contribution in [2.24, 2.45) is 5.92 Å². The van der Waals surface area contributed by atoms with Crippen molar-refractivity contribution < 1.29 is 4.79 Å². The van der Waals surface area contributed by atoms with Gasteiger partial charge >= 0.3 is 0 Å². The van der Waals surface area contributed by atoms with Gasteiger partial charge in [-0.2, -0.15) is 5.10 Å². The van der Waals surface area contributed by atoms with Crippen molar-refractivity contribution in [1.29, 1.82) is 0 Å². The second-order valence-corrected chi connectivity index (χ2v) is 6.33. The molecule has 0 fully saturated rings. The van der Waals surface area contributed by atoms with Gasteiger partial charge in [0.25, 0.3) is 0 Å². The summed E-state index contributed by atoms with van der Waals surface area (Å²) in [7, 11) is 1.95. The number of nitrogens with one attached hydrogen (secondary N) is 1. The minimum atomic E-state index is 0.0663. The largest absolute Gasteiger partial charge is 0.355 e. The fourth-order valence-electron chi connectivity index (χ4n) is 1.95. The molecule has 5 nitrogen and oxygen atoms in total. The van der Waals surface area contributed by atoms with Gasteiger partial charge in [0.2, 0.25) is 5.91 Å². The Morgan fingerprint density at radius 2 is 2.15 bits per heavy atom. The second kappa shape index (κ2) is 7.78. The molecule has 0 aliphatic rings. The van der Waals surface area contributed by atoms with Gasteiger partial charge in [0.15, 0.2) is 0 Å². The number of rotatable bonds is 7. The van der Waals surface area contributed by atoms with E-state index in [9.17, 15) is 4.79 Å². The lowest BCUT2D eigenvalue weighted by atomic mass is 10.2. The minimum absolute atomic E-state index is 0.0663. The van der Waals surface area contributed by atoms with Crippen LogP contribution in [-0.2, 0) is 17.9 Å². The lowest BCUT2D eigenvalue weighted by Gasteiger charge is -2.17. The van der Waals surface area contributed by atoms with E-state index < -0.39 is 0 Å². The van der Waals surface area contributed by atoms with E-state index in [0.717, 1.165) is 29.0 Å². The summed E-state index contributed by atoms with van der Waals surface area (Å²) in [4.78, 5) is 13.8. The molecule has 6 heteroatoms. The number of halogens is 1. The van der Waals surface area contributed by atoms with Crippen LogP contribution in [0.1, 0.15) is 32.2 Å². The van der Waals surface area contributed by atoms with E-state index in [1.54, 1.807) is 0 Å². The predicted octanol–water partition coefficient (Wildman–Crippen LogP) is 2.18. The molecule has 1 amide bonds. The monoisotopic (exact) mass is 344 g/mol. The normalized spacial score (nSPS) is 11.4. The first-order chi connectivity index (χ1) is 9.35. The van der Waals surface area contributed by atoms with E-state index in [1.165, 1.54) is 0 Å². The standard InChI is InChI=1S/C14H25BrN4O/c1-6-19-12(14(15)11(4)17-19)8-18(5)9-13(20)16-7-10(2)3/h10H,6-9H2,1-5H3,(H,16,20). The topological polar surface area (TPSA) is 50.2 Å². The van der Waals surface area contributed by atoms with Gasteiger partial charge in [0, 0.05) is 19.6 Å². The van der Waals surface area contributed by atoms with Crippen LogP contribution in [0.15, 0.2) is 4.47 Å². The molecule has 0 radical (unpaired) electrons. The summed E-state index contributed by atoms with van der Waals surface area (Å²) in [6.45, 7) is 10.9. The Hall–Kier alpha value is -0.880. The zero-order valence-corrected chi connectivity index (χ0v) is 14.6. The zero-order valence-electron chi connectivity index (χ0n) is 13.0. The van der Waals surface area contributed by atoms with Gasteiger partial charge in [-0.05, 0) is 42.7 Å². The van der Waals surface area contributed by atoms with Crippen LogP contribution in [0.4, 0.5) is 0 Å². The molecule has 0 unspecified atom stereocenters. The maximum absolute atomic E-state index is 11.8. The summed E-state index contributed by atoms with van der Waals surface area (Å²) in [5.74, 6) is 0.541. The van der Waals surface area contributed by atoms with Crippen molar-refractivity contribution in [3.8, 4) is 0 Å². The number of amides is 1. The summed E-state index contributed by atoms with van der Waals surface area (Å²) < 4.78 is 3.01. The van der Waals surface area contributed by atoms with Crippen molar-refractivity contribution in [2.45, 2.75) is 40.8 Å². The number of aromatic nitrogens is 2. The van der Waals surface area contributed by atoms with Gasteiger partial charge in [-0.15, -0.1) is 0 Å². The van der Waals surface area contributed by atoms with E-state index >= 15 is 0 Å². The number of aryl methyl sites for hydroxylation is 2. The Morgan fingerprint density at radius 3 is 2.70 bits per heavy atom. The summed E-state index contributed by atoms with van der Waals surface area (Å²) in [5.41, 5.74) is 2.10. The molecule has 1 aromatic rings. The molecule has 1 N–H and O–H groups in total. The van der Waals surface area contributed by atoms with Crippen LogP contribution in [0, 0.1) is 12.8 Å². The highest BCUT2D eigenvalue weighted by atomic mass is 79.9. The Labute approximate surface area is 129 Å². The van der Waals surface area contributed by atoms with Gasteiger partial charge < -0.3 is 5.32 Å². The quantitative estimate of drug-likeness (QED) is 0.824. The summed E-state index contributed by atoms with van der Waals surface area (Å²) in [6, 6.07) is 0. The van der Waals surface area contributed by atoms with E-state index in [1.807, 2.05) is 23.6 Å². The highest BCUT2D eigenvalue weighted by Crippen LogP contribution is 2.22. The Balaban J connectivity index is 2.58. The summed E-state index contributed by atoms with van der Waals surface area (Å²) in [6.07, 6.45) is 0. The van der Waals surface area contributed by atoms with Crippen LogP contribution in [0.25, 0.3) is 0 Å². The van der Waals surface area contributed by atoms with Crippen LogP contribution in [0.5, 0.6) is 0 Å². The Morgan fingerprint density at radius 1 is 1.50 bits per heavy atom. The van der Waals surface area contributed by atoms with Crippen LogP contribution in [0.3, 0.4) is 0 Å². The Kier molecular flexibility index (Phi) is 6.68. The lowest BCUT2D eigenvalue weighted by Crippen LogP contribution is -2.36. The molecule has 0 aliphatic carbocycles. The number of likely N-dealkylation sites (N-methyl/N-ethyl adjacent to an activating group) is 1. The van der Waals surface area contributed by atoms with E-state index in [-0.39, 0.29) is 5.91 Å². The molecule has 0 aliphatic heterocycles. The molecule has 1 rings (SSSR count). The third-order valence-electron chi connectivity index (χ3n) is 2.99. The van der Waals surface area contributed by atoms with Gasteiger partial charge in [-0.3, -0.25) is 14.4 Å². The molecular weight excluding hydrogens is 320 g/mol. The first-order valence-electron chi connectivity index (χ1n) is 7.02. The van der Waals surface area contributed by atoms with Gasteiger partial charge in [-0.1, -0.05) is 13.8 Å². The third-order valence-corrected chi connectivity index (χ3v) is 4.03. The molecule has 20 heavy (non-hydrogen) atoms. The highest BCUT2D eigenvalue weighted by molar-refractivity contribution is 9.10. The Bertz CT molecular complexity index is 456. The summed E-state index contributed by atoms with van der Waals surface area (Å²) >= 11 is 3.58. The molecule has 1 heterocycles. The van der Waals surface area contributed by atoms with Gasteiger partial charge in [-0.25, -0.2) is 0 Å². The van der Waals surface area contributed by atoms with E-state index in [0.29, 0.717) is 19.0 Å². The van der Waals surface area contributed by atoms with Gasteiger partial charge in [0.1, 0.15) is 0 Å². The number of hydrogen-bond donors (Lipinski definition) is 1. The van der Waals surface area contributed by atoms with Gasteiger partial charge in [0.05, 0.1) is 22.4 Å². The molecule has 0 atom stereocenters. The molecular formula is C14H25BrN4O. The minimum Gasteiger partial charge on any atom is -0.355 e. The molecule has 0 aromatic carbocycles. The molecule has 0 saturated heterocycles. The first-order valence-corrected chi connectivity index (χ1v) is 7.81. The van der Waals surface area contributed by atoms with Crippen molar-refractivity contribution in [3.63, 3.8) is 0 Å².